The molecular formula is C22H32O. The van der Waals surface area contributed by atoms with Gasteiger partial charge in [-0.15, -0.1) is 0 Å². The van der Waals surface area contributed by atoms with Crippen molar-refractivity contribution in [3.8, 4) is 0 Å². The number of allylic oxidation sites excluding steroid dienone is 3. The summed E-state index contributed by atoms with van der Waals surface area (Å²) in [6.45, 7) is 5.57. The lowest BCUT2D eigenvalue weighted by atomic mass is 9.79. The molecule has 23 heavy (non-hydrogen) atoms. The predicted molar refractivity (Wildman–Crippen MR) is 99.5 cm³/mol. The van der Waals surface area contributed by atoms with Gasteiger partial charge in [-0.05, 0) is 75.3 Å². The van der Waals surface area contributed by atoms with Gasteiger partial charge in [0.15, 0.2) is 0 Å². The molecule has 0 unspecified atom stereocenters. The third-order valence-electron chi connectivity index (χ3n) is 4.94. The minimum atomic E-state index is 0.703. The van der Waals surface area contributed by atoms with Crippen molar-refractivity contribution in [3.63, 3.8) is 0 Å². The SMILES string of the molecule is CC=CCOCc1ccc(CCC2CCC(/C=C/C)CC2)cc1. The number of aryl methyl sites for hydroxylation is 1. The minimum Gasteiger partial charge on any atom is -0.373 e. The zero-order valence-corrected chi connectivity index (χ0v) is 14.8. The predicted octanol–water partition coefficient (Wildman–Crippen LogP) is 6.09. The average molecular weight is 312 g/mol. The second-order valence-electron chi connectivity index (χ2n) is 6.75. The summed E-state index contributed by atoms with van der Waals surface area (Å²) in [6, 6.07) is 8.99. The van der Waals surface area contributed by atoms with Crippen LogP contribution in [0.5, 0.6) is 0 Å². The molecule has 0 saturated heterocycles. The number of hydrogen-bond donors (Lipinski definition) is 0. The maximum Gasteiger partial charge on any atom is 0.0721 e. The smallest absolute Gasteiger partial charge is 0.0721 e. The molecule has 0 amide bonds. The van der Waals surface area contributed by atoms with Gasteiger partial charge >= 0.3 is 0 Å². The van der Waals surface area contributed by atoms with Crippen LogP contribution in [0.25, 0.3) is 0 Å². The van der Waals surface area contributed by atoms with E-state index >= 15 is 0 Å². The quantitative estimate of drug-likeness (QED) is 0.416. The van der Waals surface area contributed by atoms with Crippen LogP contribution in [-0.2, 0) is 17.8 Å². The molecule has 1 aromatic carbocycles. The number of rotatable bonds is 8. The molecule has 2 rings (SSSR count). The zero-order chi connectivity index (χ0) is 16.3. The molecule has 1 nitrogen and oxygen atoms in total. The lowest BCUT2D eigenvalue weighted by Gasteiger charge is -2.26. The van der Waals surface area contributed by atoms with Gasteiger partial charge in [0.2, 0.25) is 0 Å². The molecule has 0 spiro atoms. The molecular weight excluding hydrogens is 280 g/mol. The molecule has 1 aromatic rings. The summed E-state index contributed by atoms with van der Waals surface area (Å²) < 4.78 is 5.59. The highest BCUT2D eigenvalue weighted by Crippen LogP contribution is 2.32. The van der Waals surface area contributed by atoms with Crippen LogP contribution >= 0.6 is 0 Å². The largest absolute Gasteiger partial charge is 0.373 e. The average Bonchev–Trinajstić information content (AvgIpc) is 2.59. The fourth-order valence-electron chi connectivity index (χ4n) is 3.46. The van der Waals surface area contributed by atoms with Crippen LogP contribution in [-0.4, -0.2) is 6.61 Å². The Bertz CT molecular complexity index is 475. The second kappa shape index (κ2) is 10.4. The first-order valence-electron chi connectivity index (χ1n) is 9.21. The Balaban J connectivity index is 1.68. The Morgan fingerprint density at radius 3 is 2.30 bits per heavy atom. The highest BCUT2D eigenvalue weighted by Gasteiger charge is 2.18. The van der Waals surface area contributed by atoms with E-state index in [2.05, 4.69) is 43.3 Å². The summed E-state index contributed by atoms with van der Waals surface area (Å²) in [6.07, 6.45) is 16.8. The summed E-state index contributed by atoms with van der Waals surface area (Å²) in [5.41, 5.74) is 2.74. The normalized spacial score (nSPS) is 22.2. The minimum absolute atomic E-state index is 0.703. The maximum absolute atomic E-state index is 5.59. The van der Waals surface area contributed by atoms with Crippen LogP contribution in [0.4, 0.5) is 0 Å². The van der Waals surface area contributed by atoms with Crippen molar-refractivity contribution in [2.45, 2.75) is 59.0 Å². The van der Waals surface area contributed by atoms with Gasteiger partial charge in [0.25, 0.3) is 0 Å². The summed E-state index contributed by atoms with van der Waals surface area (Å²) in [7, 11) is 0. The van der Waals surface area contributed by atoms with Crippen molar-refractivity contribution < 1.29 is 4.74 Å². The van der Waals surface area contributed by atoms with E-state index in [1.165, 1.54) is 49.7 Å². The van der Waals surface area contributed by atoms with E-state index < -0.39 is 0 Å². The number of ether oxygens (including phenoxy) is 1. The Labute approximate surface area is 142 Å². The molecule has 126 valence electrons. The summed E-state index contributed by atoms with van der Waals surface area (Å²) >= 11 is 0. The molecule has 1 heteroatoms. The fraction of sp³-hybridized carbons (Fsp3) is 0.545. The fourth-order valence-corrected chi connectivity index (χ4v) is 3.46. The van der Waals surface area contributed by atoms with Gasteiger partial charge in [-0.1, -0.05) is 48.6 Å². The van der Waals surface area contributed by atoms with E-state index in [1.54, 1.807) is 0 Å². The zero-order valence-electron chi connectivity index (χ0n) is 14.8. The second-order valence-corrected chi connectivity index (χ2v) is 6.75. The maximum atomic E-state index is 5.59. The van der Waals surface area contributed by atoms with E-state index in [1.807, 2.05) is 19.1 Å². The molecule has 1 saturated carbocycles. The molecule has 0 aromatic heterocycles. The summed E-state index contributed by atoms with van der Waals surface area (Å²) in [5.74, 6) is 1.78. The van der Waals surface area contributed by atoms with Gasteiger partial charge < -0.3 is 4.74 Å². The van der Waals surface area contributed by atoms with Crippen molar-refractivity contribution in [1.82, 2.24) is 0 Å². The Kier molecular flexibility index (Phi) is 8.17. The van der Waals surface area contributed by atoms with Crippen LogP contribution in [0, 0.1) is 11.8 Å². The number of benzene rings is 1. The van der Waals surface area contributed by atoms with Crippen LogP contribution in [0.15, 0.2) is 48.6 Å². The van der Waals surface area contributed by atoms with Gasteiger partial charge in [0, 0.05) is 0 Å². The molecule has 0 atom stereocenters. The van der Waals surface area contributed by atoms with E-state index in [0.29, 0.717) is 13.2 Å². The molecule has 1 aliphatic carbocycles. The summed E-state index contributed by atoms with van der Waals surface area (Å²) in [5, 5.41) is 0. The van der Waals surface area contributed by atoms with Crippen LogP contribution in [0.3, 0.4) is 0 Å². The van der Waals surface area contributed by atoms with Gasteiger partial charge in [-0.2, -0.15) is 0 Å². The first kappa shape index (κ1) is 18.0. The van der Waals surface area contributed by atoms with Gasteiger partial charge in [0.1, 0.15) is 0 Å². The highest BCUT2D eigenvalue weighted by atomic mass is 16.5. The Morgan fingerprint density at radius 2 is 1.65 bits per heavy atom. The number of hydrogen-bond acceptors (Lipinski definition) is 1. The van der Waals surface area contributed by atoms with Crippen LogP contribution in [0.2, 0.25) is 0 Å². The van der Waals surface area contributed by atoms with Gasteiger partial charge in [0.05, 0.1) is 13.2 Å². The third kappa shape index (κ3) is 6.74. The van der Waals surface area contributed by atoms with Gasteiger partial charge in [-0.25, -0.2) is 0 Å². The van der Waals surface area contributed by atoms with E-state index in [0.717, 1.165) is 11.8 Å². The topological polar surface area (TPSA) is 9.23 Å². The molecule has 0 heterocycles. The van der Waals surface area contributed by atoms with E-state index in [4.69, 9.17) is 4.74 Å². The van der Waals surface area contributed by atoms with E-state index in [-0.39, 0.29) is 0 Å². The molecule has 0 radical (unpaired) electrons. The standard InChI is InChI=1S/C22H32O/c1-3-5-17-23-18-22-15-13-21(14-16-22)12-11-20-9-7-19(6-4-2)8-10-20/h3-6,13-16,19-20H,7-12,17-18H2,1-2H3/b5-3?,6-4+. The molecule has 0 N–H and O–H groups in total. The lowest BCUT2D eigenvalue weighted by molar-refractivity contribution is 0.148. The molecule has 0 bridgehead atoms. The van der Waals surface area contributed by atoms with Gasteiger partial charge in [-0.3, -0.25) is 0 Å². The first-order valence-corrected chi connectivity index (χ1v) is 9.21. The van der Waals surface area contributed by atoms with Crippen LogP contribution < -0.4 is 0 Å². The lowest BCUT2D eigenvalue weighted by Crippen LogP contribution is -2.13. The van der Waals surface area contributed by atoms with Crippen molar-refractivity contribution in [2.24, 2.45) is 11.8 Å². The van der Waals surface area contributed by atoms with E-state index in [9.17, 15) is 0 Å². The molecule has 0 aliphatic heterocycles. The Morgan fingerprint density at radius 1 is 0.957 bits per heavy atom. The van der Waals surface area contributed by atoms with Crippen LogP contribution in [0.1, 0.15) is 57.1 Å². The Hall–Kier alpha value is -1.34. The van der Waals surface area contributed by atoms with Crippen molar-refractivity contribution in [2.75, 3.05) is 6.61 Å². The molecule has 1 fully saturated rings. The van der Waals surface area contributed by atoms with Crippen molar-refractivity contribution >= 4 is 0 Å². The third-order valence-corrected chi connectivity index (χ3v) is 4.94. The first-order chi connectivity index (χ1) is 11.3. The summed E-state index contributed by atoms with van der Waals surface area (Å²) in [4.78, 5) is 0. The molecule has 1 aliphatic rings. The monoisotopic (exact) mass is 312 g/mol. The highest BCUT2D eigenvalue weighted by molar-refractivity contribution is 5.22. The van der Waals surface area contributed by atoms with Crippen molar-refractivity contribution in [3.05, 3.63) is 59.7 Å². The van der Waals surface area contributed by atoms with Crippen molar-refractivity contribution in [1.29, 1.82) is 0 Å².